The number of hydrogen-bond donors (Lipinski definition) is 2. The Kier molecular flexibility index (Phi) is 5.03. The molecule has 1 aliphatic heterocycles. The third-order valence-corrected chi connectivity index (χ3v) is 5.18. The minimum atomic E-state index is -0.679. The standard InChI is InChI=1S/C22H22N4O3/c1-2-25(16-8-4-3-5-9-16)20(27)14-26-21(28)19(24-22(26)29)12-15-13-23-18-11-7-6-10-17(15)18/h3-11,13,19,23H,2,12,14H2,1H3,(H,24,29)/t19-/m1/s1. The lowest BCUT2D eigenvalue weighted by atomic mass is 10.1. The first kappa shape index (κ1) is 18.7. The second kappa shape index (κ2) is 7.79. The number of amides is 4. The summed E-state index contributed by atoms with van der Waals surface area (Å²) >= 11 is 0. The molecule has 0 radical (unpaired) electrons. The predicted molar refractivity (Wildman–Crippen MR) is 111 cm³/mol. The van der Waals surface area contributed by atoms with Gasteiger partial charge in [-0.15, -0.1) is 0 Å². The van der Waals surface area contributed by atoms with Crippen LogP contribution < -0.4 is 10.2 Å². The van der Waals surface area contributed by atoms with Gasteiger partial charge in [-0.1, -0.05) is 36.4 Å². The quantitative estimate of drug-likeness (QED) is 0.635. The van der Waals surface area contributed by atoms with Crippen LogP contribution in [0.5, 0.6) is 0 Å². The Morgan fingerprint density at radius 3 is 2.55 bits per heavy atom. The Morgan fingerprint density at radius 1 is 1.07 bits per heavy atom. The zero-order valence-electron chi connectivity index (χ0n) is 16.1. The monoisotopic (exact) mass is 390 g/mol. The van der Waals surface area contributed by atoms with Gasteiger partial charge < -0.3 is 15.2 Å². The Balaban J connectivity index is 1.47. The molecule has 0 saturated carbocycles. The number of likely N-dealkylation sites (N-methyl/N-ethyl adjacent to an activating group) is 1. The summed E-state index contributed by atoms with van der Waals surface area (Å²) in [5.41, 5.74) is 2.67. The molecule has 7 nitrogen and oxygen atoms in total. The van der Waals surface area contributed by atoms with Crippen LogP contribution in [0.4, 0.5) is 10.5 Å². The van der Waals surface area contributed by atoms with Crippen molar-refractivity contribution < 1.29 is 14.4 Å². The average Bonchev–Trinajstić information content (AvgIpc) is 3.26. The number of carbonyl (C=O) groups is 3. The lowest BCUT2D eigenvalue weighted by molar-refractivity contribution is -0.131. The molecule has 1 aromatic heterocycles. The summed E-state index contributed by atoms with van der Waals surface area (Å²) in [6.45, 7) is 2.03. The summed E-state index contributed by atoms with van der Waals surface area (Å²) in [5.74, 6) is -0.673. The van der Waals surface area contributed by atoms with Gasteiger partial charge in [-0.25, -0.2) is 4.79 Å². The van der Waals surface area contributed by atoms with Crippen LogP contribution in [-0.2, 0) is 16.0 Å². The van der Waals surface area contributed by atoms with Crippen LogP contribution in [0.1, 0.15) is 12.5 Å². The number of imide groups is 1. The highest BCUT2D eigenvalue weighted by molar-refractivity contribution is 6.08. The van der Waals surface area contributed by atoms with Crippen molar-refractivity contribution in [2.75, 3.05) is 18.0 Å². The predicted octanol–water partition coefficient (Wildman–Crippen LogP) is 2.68. The van der Waals surface area contributed by atoms with E-state index >= 15 is 0 Å². The first-order valence-corrected chi connectivity index (χ1v) is 9.60. The summed E-state index contributed by atoms with van der Waals surface area (Å²) in [6.07, 6.45) is 2.22. The molecule has 29 heavy (non-hydrogen) atoms. The first-order valence-electron chi connectivity index (χ1n) is 9.60. The fourth-order valence-corrected chi connectivity index (χ4v) is 3.72. The summed E-state index contributed by atoms with van der Waals surface area (Å²) in [4.78, 5) is 43.7. The number of para-hydroxylation sites is 2. The second-order valence-electron chi connectivity index (χ2n) is 6.96. The van der Waals surface area contributed by atoms with Gasteiger partial charge >= 0.3 is 6.03 Å². The maximum atomic E-state index is 12.8. The number of aromatic nitrogens is 1. The number of aromatic amines is 1. The minimum absolute atomic E-state index is 0.280. The lowest BCUT2D eigenvalue weighted by Crippen LogP contribution is -2.43. The van der Waals surface area contributed by atoms with Gasteiger partial charge in [-0.05, 0) is 30.7 Å². The maximum absolute atomic E-state index is 12.8. The number of benzene rings is 2. The van der Waals surface area contributed by atoms with Gasteiger partial charge in [0.1, 0.15) is 12.6 Å². The van der Waals surface area contributed by atoms with Crippen LogP contribution in [0.3, 0.4) is 0 Å². The molecule has 1 saturated heterocycles. The molecule has 2 heterocycles. The smallest absolute Gasteiger partial charge is 0.325 e. The SMILES string of the molecule is CCN(C(=O)CN1C(=O)N[C@H](Cc2c[nH]c3ccccc23)C1=O)c1ccccc1. The fourth-order valence-electron chi connectivity index (χ4n) is 3.72. The van der Waals surface area contributed by atoms with Crippen LogP contribution in [0.2, 0.25) is 0 Å². The molecular formula is C22H22N4O3. The van der Waals surface area contributed by atoms with E-state index in [1.807, 2.05) is 67.7 Å². The highest BCUT2D eigenvalue weighted by Crippen LogP contribution is 2.21. The Labute approximate surface area is 168 Å². The van der Waals surface area contributed by atoms with Crippen molar-refractivity contribution in [1.82, 2.24) is 15.2 Å². The number of urea groups is 1. The first-order chi connectivity index (χ1) is 14.1. The van der Waals surface area contributed by atoms with Crippen LogP contribution in [0.25, 0.3) is 10.9 Å². The highest BCUT2D eigenvalue weighted by Gasteiger charge is 2.39. The number of hydrogen-bond acceptors (Lipinski definition) is 3. The van der Waals surface area contributed by atoms with Crippen molar-refractivity contribution in [2.45, 2.75) is 19.4 Å². The van der Waals surface area contributed by atoms with E-state index in [0.29, 0.717) is 13.0 Å². The summed E-state index contributed by atoms with van der Waals surface area (Å²) < 4.78 is 0. The molecule has 0 bridgehead atoms. The van der Waals surface area contributed by atoms with Crippen LogP contribution in [0, 0.1) is 0 Å². The number of carbonyl (C=O) groups excluding carboxylic acids is 3. The van der Waals surface area contributed by atoms with E-state index in [0.717, 1.165) is 27.1 Å². The molecule has 1 atom stereocenters. The molecule has 1 fully saturated rings. The maximum Gasteiger partial charge on any atom is 0.325 e. The number of fused-ring (bicyclic) bond motifs is 1. The molecule has 2 N–H and O–H groups in total. The van der Waals surface area contributed by atoms with Gasteiger partial charge in [0.2, 0.25) is 5.91 Å². The van der Waals surface area contributed by atoms with Crippen LogP contribution in [0.15, 0.2) is 60.8 Å². The zero-order chi connectivity index (χ0) is 20.4. The molecule has 0 spiro atoms. The summed E-state index contributed by atoms with van der Waals surface area (Å²) in [6, 6.07) is 15.8. The zero-order valence-corrected chi connectivity index (χ0v) is 16.1. The van der Waals surface area contributed by atoms with Gasteiger partial charge in [0.15, 0.2) is 0 Å². The van der Waals surface area contributed by atoms with Crippen molar-refractivity contribution in [3.8, 4) is 0 Å². The minimum Gasteiger partial charge on any atom is -0.361 e. The normalized spacial score (nSPS) is 16.3. The average molecular weight is 390 g/mol. The molecule has 7 heteroatoms. The van der Waals surface area contributed by atoms with Gasteiger partial charge in [0.05, 0.1) is 0 Å². The van der Waals surface area contributed by atoms with Crippen molar-refractivity contribution in [1.29, 1.82) is 0 Å². The molecule has 0 unspecified atom stereocenters. The summed E-state index contributed by atoms with van der Waals surface area (Å²) in [7, 11) is 0. The largest absolute Gasteiger partial charge is 0.361 e. The lowest BCUT2D eigenvalue weighted by Gasteiger charge is -2.23. The molecule has 148 valence electrons. The van der Waals surface area contributed by atoms with Gasteiger partial charge in [0.25, 0.3) is 5.91 Å². The molecule has 4 rings (SSSR count). The Morgan fingerprint density at radius 2 is 1.79 bits per heavy atom. The summed E-state index contributed by atoms with van der Waals surface area (Å²) in [5, 5.41) is 3.73. The van der Waals surface area contributed by atoms with E-state index in [1.165, 1.54) is 0 Å². The van der Waals surface area contributed by atoms with Crippen molar-refractivity contribution in [3.05, 3.63) is 66.4 Å². The van der Waals surface area contributed by atoms with Crippen molar-refractivity contribution in [3.63, 3.8) is 0 Å². The van der Waals surface area contributed by atoms with E-state index in [9.17, 15) is 14.4 Å². The highest BCUT2D eigenvalue weighted by atomic mass is 16.2. The molecule has 3 aromatic rings. The van der Waals surface area contributed by atoms with E-state index in [2.05, 4.69) is 10.3 Å². The Bertz CT molecular complexity index is 1060. The van der Waals surface area contributed by atoms with Gasteiger partial charge in [-0.2, -0.15) is 0 Å². The molecule has 4 amide bonds. The van der Waals surface area contributed by atoms with Gasteiger partial charge in [0, 0.05) is 35.8 Å². The number of H-pyrrole nitrogens is 1. The number of rotatable bonds is 6. The third-order valence-electron chi connectivity index (χ3n) is 5.18. The van der Waals surface area contributed by atoms with E-state index in [4.69, 9.17) is 0 Å². The topological polar surface area (TPSA) is 85.5 Å². The molecule has 0 aliphatic carbocycles. The van der Waals surface area contributed by atoms with E-state index in [-0.39, 0.29) is 18.4 Å². The number of nitrogens with zero attached hydrogens (tertiary/aromatic N) is 2. The van der Waals surface area contributed by atoms with Crippen molar-refractivity contribution >= 4 is 34.4 Å². The van der Waals surface area contributed by atoms with Gasteiger partial charge in [-0.3, -0.25) is 14.5 Å². The second-order valence-corrected chi connectivity index (χ2v) is 6.96. The van der Waals surface area contributed by atoms with Crippen molar-refractivity contribution in [2.24, 2.45) is 0 Å². The van der Waals surface area contributed by atoms with Crippen LogP contribution in [-0.4, -0.2) is 46.9 Å². The van der Waals surface area contributed by atoms with E-state index in [1.54, 1.807) is 4.90 Å². The molecular weight excluding hydrogens is 368 g/mol. The number of nitrogens with one attached hydrogen (secondary N) is 2. The molecule has 1 aliphatic rings. The van der Waals surface area contributed by atoms with E-state index < -0.39 is 12.1 Å². The van der Waals surface area contributed by atoms with Crippen LogP contribution >= 0.6 is 0 Å². The number of anilines is 1. The Hall–Kier alpha value is -3.61. The third kappa shape index (κ3) is 3.59. The fraction of sp³-hybridized carbons (Fsp3) is 0.227. The molecule has 2 aromatic carbocycles.